The molecule has 0 aliphatic heterocycles. The second kappa shape index (κ2) is 6.89. The average molecular weight is 337 g/mol. The van der Waals surface area contributed by atoms with E-state index >= 15 is 0 Å². The maximum atomic E-state index is 11.0. The van der Waals surface area contributed by atoms with E-state index in [0.717, 1.165) is 16.8 Å². The predicted octanol–water partition coefficient (Wildman–Crippen LogP) is 1.52. The highest BCUT2D eigenvalue weighted by molar-refractivity contribution is 9.10. The Balaban J connectivity index is 2.55. The second-order valence-corrected chi connectivity index (χ2v) is 6.88. The summed E-state index contributed by atoms with van der Waals surface area (Å²) in [6.45, 7) is 3.30. The lowest BCUT2D eigenvalue weighted by Crippen LogP contribution is -2.11. The summed E-state index contributed by atoms with van der Waals surface area (Å²) in [5.74, 6) is 1.55. The van der Waals surface area contributed by atoms with Gasteiger partial charge >= 0.3 is 0 Å². The van der Waals surface area contributed by atoms with Gasteiger partial charge in [0.25, 0.3) is 0 Å². The van der Waals surface area contributed by atoms with Crippen LogP contribution >= 0.6 is 15.9 Å². The van der Waals surface area contributed by atoms with Crippen LogP contribution in [-0.2, 0) is 9.84 Å². The number of hydrogen-bond donors (Lipinski definition) is 2. The number of halogens is 1. The molecule has 0 saturated carbocycles. The summed E-state index contributed by atoms with van der Waals surface area (Å²) in [5, 5.41) is 6.18. The molecule has 1 aromatic rings. The smallest absolute Gasteiger partial charge is 0.147 e. The summed E-state index contributed by atoms with van der Waals surface area (Å²) in [7, 11) is -2.90. The molecule has 6 nitrogen and oxygen atoms in total. The molecule has 8 heteroatoms. The van der Waals surface area contributed by atoms with Gasteiger partial charge in [-0.1, -0.05) is 0 Å². The van der Waals surface area contributed by atoms with Gasteiger partial charge in [-0.25, -0.2) is 18.4 Å². The maximum Gasteiger partial charge on any atom is 0.147 e. The SMILES string of the molecule is CCNc1ncnc(NCCCS(C)(=O)=O)c1Br. The molecule has 0 saturated heterocycles. The molecule has 0 aliphatic carbocycles. The number of anilines is 2. The Morgan fingerprint density at radius 2 is 1.89 bits per heavy atom. The minimum atomic E-state index is -2.90. The van der Waals surface area contributed by atoms with Crippen LogP contribution in [0.2, 0.25) is 0 Å². The Morgan fingerprint density at radius 1 is 1.28 bits per heavy atom. The molecule has 0 unspecified atom stereocenters. The highest BCUT2D eigenvalue weighted by atomic mass is 79.9. The topological polar surface area (TPSA) is 84.0 Å². The van der Waals surface area contributed by atoms with Crippen molar-refractivity contribution in [3.05, 3.63) is 10.8 Å². The highest BCUT2D eigenvalue weighted by Gasteiger charge is 2.08. The molecule has 2 N–H and O–H groups in total. The summed E-state index contributed by atoms with van der Waals surface area (Å²) >= 11 is 3.41. The molecule has 0 atom stereocenters. The van der Waals surface area contributed by atoms with E-state index in [4.69, 9.17) is 0 Å². The third-order valence-electron chi connectivity index (χ3n) is 2.12. The molecule has 0 spiro atoms. The maximum absolute atomic E-state index is 11.0. The standard InChI is InChI=1S/C10H17BrN4O2S/c1-3-12-9-8(11)10(15-7-14-9)13-5-4-6-18(2,16)17/h7H,3-6H2,1-2H3,(H2,12,13,14,15). The van der Waals surface area contributed by atoms with Gasteiger partial charge < -0.3 is 10.6 Å². The van der Waals surface area contributed by atoms with Crippen molar-refractivity contribution < 1.29 is 8.42 Å². The van der Waals surface area contributed by atoms with Crippen LogP contribution in [0.15, 0.2) is 10.8 Å². The third kappa shape index (κ3) is 5.18. The van der Waals surface area contributed by atoms with Crippen LogP contribution in [-0.4, -0.2) is 43.5 Å². The second-order valence-electron chi connectivity index (χ2n) is 3.83. The van der Waals surface area contributed by atoms with E-state index in [0.29, 0.717) is 18.8 Å². The van der Waals surface area contributed by atoms with E-state index in [-0.39, 0.29) is 5.75 Å². The van der Waals surface area contributed by atoms with Crippen LogP contribution in [0.3, 0.4) is 0 Å². The first-order valence-corrected chi connectivity index (χ1v) is 8.45. The summed E-state index contributed by atoms with van der Waals surface area (Å²) < 4.78 is 22.7. The van der Waals surface area contributed by atoms with E-state index in [1.165, 1.54) is 12.6 Å². The fourth-order valence-corrected chi connectivity index (χ4v) is 2.48. The zero-order valence-electron chi connectivity index (χ0n) is 10.4. The summed E-state index contributed by atoms with van der Waals surface area (Å²) in [4.78, 5) is 8.19. The quantitative estimate of drug-likeness (QED) is 0.734. The molecule has 0 radical (unpaired) electrons. The van der Waals surface area contributed by atoms with Gasteiger partial charge in [-0.05, 0) is 29.3 Å². The predicted molar refractivity (Wildman–Crippen MR) is 76.7 cm³/mol. The molecule has 0 aliphatic rings. The van der Waals surface area contributed by atoms with Crippen LogP contribution in [0.5, 0.6) is 0 Å². The Kier molecular flexibility index (Phi) is 5.80. The fourth-order valence-electron chi connectivity index (χ4n) is 1.32. The van der Waals surface area contributed by atoms with Crippen molar-refractivity contribution in [2.45, 2.75) is 13.3 Å². The van der Waals surface area contributed by atoms with Crippen molar-refractivity contribution >= 4 is 37.4 Å². The van der Waals surface area contributed by atoms with Gasteiger partial charge in [-0.15, -0.1) is 0 Å². The molecule has 1 rings (SSSR count). The van der Waals surface area contributed by atoms with Crippen molar-refractivity contribution in [2.24, 2.45) is 0 Å². The van der Waals surface area contributed by atoms with Crippen molar-refractivity contribution in [1.29, 1.82) is 0 Å². The minimum absolute atomic E-state index is 0.169. The van der Waals surface area contributed by atoms with E-state index < -0.39 is 9.84 Å². The molecule has 1 aromatic heterocycles. The molecule has 102 valence electrons. The van der Waals surface area contributed by atoms with Gasteiger partial charge in [-0.2, -0.15) is 0 Å². The third-order valence-corrected chi connectivity index (χ3v) is 3.90. The Bertz CT molecular complexity index is 493. The highest BCUT2D eigenvalue weighted by Crippen LogP contribution is 2.26. The summed E-state index contributed by atoms with van der Waals surface area (Å²) in [6, 6.07) is 0. The molecule has 18 heavy (non-hydrogen) atoms. The number of aromatic nitrogens is 2. The molecular formula is C10H17BrN4O2S. The molecular weight excluding hydrogens is 320 g/mol. The largest absolute Gasteiger partial charge is 0.369 e. The first-order chi connectivity index (χ1) is 8.44. The minimum Gasteiger partial charge on any atom is -0.369 e. The Morgan fingerprint density at radius 3 is 2.44 bits per heavy atom. The zero-order valence-corrected chi connectivity index (χ0v) is 12.8. The average Bonchev–Trinajstić information content (AvgIpc) is 2.28. The van der Waals surface area contributed by atoms with Crippen molar-refractivity contribution in [3.63, 3.8) is 0 Å². The first-order valence-electron chi connectivity index (χ1n) is 5.60. The van der Waals surface area contributed by atoms with Crippen molar-refractivity contribution in [2.75, 3.05) is 35.7 Å². The van der Waals surface area contributed by atoms with Crippen LogP contribution in [0.4, 0.5) is 11.6 Å². The van der Waals surface area contributed by atoms with Crippen LogP contribution < -0.4 is 10.6 Å². The van der Waals surface area contributed by atoms with Gasteiger partial charge in [0, 0.05) is 19.3 Å². The van der Waals surface area contributed by atoms with E-state index in [1.54, 1.807) is 0 Å². The lowest BCUT2D eigenvalue weighted by atomic mass is 10.4. The van der Waals surface area contributed by atoms with Crippen LogP contribution in [0.25, 0.3) is 0 Å². The van der Waals surface area contributed by atoms with Crippen LogP contribution in [0.1, 0.15) is 13.3 Å². The zero-order chi connectivity index (χ0) is 13.6. The first kappa shape index (κ1) is 15.2. The normalized spacial score (nSPS) is 11.3. The molecule has 0 fully saturated rings. The molecule has 0 bridgehead atoms. The molecule has 0 aromatic carbocycles. The van der Waals surface area contributed by atoms with Gasteiger partial charge in [0.15, 0.2) is 0 Å². The molecule has 1 heterocycles. The van der Waals surface area contributed by atoms with Crippen molar-refractivity contribution in [3.8, 4) is 0 Å². The Hall–Kier alpha value is -0.890. The Labute approximate surface area is 116 Å². The van der Waals surface area contributed by atoms with Gasteiger partial charge in [0.05, 0.1) is 5.75 Å². The number of rotatable bonds is 7. The van der Waals surface area contributed by atoms with Gasteiger partial charge in [0.2, 0.25) is 0 Å². The van der Waals surface area contributed by atoms with E-state index in [1.807, 2.05) is 6.92 Å². The van der Waals surface area contributed by atoms with Gasteiger partial charge in [-0.3, -0.25) is 0 Å². The summed E-state index contributed by atoms with van der Waals surface area (Å²) in [6.07, 6.45) is 3.24. The number of nitrogens with one attached hydrogen (secondary N) is 2. The lowest BCUT2D eigenvalue weighted by molar-refractivity contribution is 0.600. The fraction of sp³-hybridized carbons (Fsp3) is 0.600. The lowest BCUT2D eigenvalue weighted by Gasteiger charge is -2.10. The summed E-state index contributed by atoms with van der Waals surface area (Å²) in [5.41, 5.74) is 0. The van der Waals surface area contributed by atoms with Gasteiger partial charge in [0.1, 0.15) is 32.3 Å². The van der Waals surface area contributed by atoms with Crippen LogP contribution in [0, 0.1) is 0 Å². The molecule has 0 amide bonds. The van der Waals surface area contributed by atoms with Crippen molar-refractivity contribution in [1.82, 2.24) is 9.97 Å². The van der Waals surface area contributed by atoms with E-state index in [9.17, 15) is 8.42 Å². The number of hydrogen-bond acceptors (Lipinski definition) is 6. The number of sulfone groups is 1. The monoisotopic (exact) mass is 336 g/mol. The number of nitrogens with zero attached hydrogens (tertiary/aromatic N) is 2. The van der Waals surface area contributed by atoms with E-state index in [2.05, 4.69) is 36.5 Å².